The Morgan fingerprint density at radius 3 is 2.34 bits per heavy atom. The standard InChI is InChI=1S/C21H19F6N5O2.ClH/c1-2-15(21(25,26)27)30-20(34)12-9-32(17-13(23)7-10(22)8-14(17)24)19-11(18(12)33)3-4-16(31-19)29-6-5-28;/h3-4,7-9,15H,2,5-6,28H2,1H3,(H,29,31)(H,30,34);1H. The highest BCUT2D eigenvalue weighted by Gasteiger charge is 2.39. The predicted octanol–water partition coefficient (Wildman–Crippen LogP) is 3.67. The number of fused-ring (bicyclic) bond motifs is 1. The van der Waals surface area contributed by atoms with Crippen LogP contribution >= 0.6 is 12.4 Å². The molecule has 14 heteroatoms. The summed E-state index contributed by atoms with van der Waals surface area (Å²) < 4.78 is 82.7. The number of halogens is 7. The predicted molar refractivity (Wildman–Crippen MR) is 120 cm³/mol. The number of nitrogens with one attached hydrogen (secondary N) is 2. The van der Waals surface area contributed by atoms with Crippen LogP contribution in [0.5, 0.6) is 0 Å². The molecule has 0 radical (unpaired) electrons. The summed E-state index contributed by atoms with van der Waals surface area (Å²) >= 11 is 0. The highest BCUT2D eigenvalue weighted by molar-refractivity contribution is 5.97. The number of aromatic nitrogens is 2. The fourth-order valence-corrected chi connectivity index (χ4v) is 3.25. The van der Waals surface area contributed by atoms with E-state index < -0.39 is 58.7 Å². The lowest BCUT2D eigenvalue weighted by Crippen LogP contribution is -2.46. The van der Waals surface area contributed by atoms with Crippen molar-refractivity contribution in [3.63, 3.8) is 0 Å². The minimum Gasteiger partial charge on any atom is -0.369 e. The smallest absolute Gasteiger partial charge is 0.369 e. The van der Waals surface area contributed by atoms with Crippen LogP contribution in [0, 0.1) is 17.5 Å². The summed E-state index contributed by atoms with van der Waals surface area (Å²) in [6, 6.07) is 0.999. The van der Waals surface area contributed by atoms with Crippen LogP contribution in [0.2, 0.25) is 0 Å². The zero-order valence-electron chi connectivity index (χ0n) is 18.0. The molecule has 0 saturated carbocycles. The van der Waals surface area contributed by atoms with Crippen molar-refractivity contribution in [3.8, 4) is 5.69 Å². The molecule has 0 saturated heterocycles. The average molecular weight is 524 g/mol. The number of carbonyl (C=O) groups excluding carboxylic acids is 1. The van der Waals surface area contributed by atoms with Gasteiger partial charge in [-0.2, -0.15) is 13.2 Å². The Labute approximate surface area is 200 Å². The molecule has 2 aromatic heterocycles. The number of pyridine rings is 2. The number of anilines is 1. The first-order valence-corrected chi connectivity index (χ1v) is 10.0. The monoisotopic (exact) mass is 523 g/mol. The molecule has 1 aromatic carbocycles. The Bertz CT molecular complexity index is 1270. The molecule has 1 amide bonds. The molecule has 0 aliphatic carbocycles. The topological polar surface area (TPSA) is 102 Å². The first-order chi connectivity index (χ1) is 16.0. The minimum atomic E-state index is -4.79. The van der Waals surface area contributed by atoms with Gasteiger partial charge in [-0.25, -0.2) is 18.2 Å². The second kappa shape index (κ2) is 11.0. The summed E-state index contributed by atoms with van der Waals surface area (Å²) in [5.41, 5.74) is 2.38. The van der Waals surface area contributed by atoms with Gasteiger partial charge in [0.2, 0.25) is 5.43 Å². The van der Waals surface area contributed by atoms with Crippen molar-refractivity contribution in [1.82, 2.24) is 14.9 Å². The number of amides is 1. The summed E-state index contributed by atoms with van der Waals surface area (Å²) in [5.74, 6) is -5.25. The van der Waals surface area contributed by atoms with E-state index in [4.69, 9.17) is 5.73 Å². The van der Waals surface area contributed by atoms with E-state index in [2.05, 4.69) is 10.3 Å². The molecule has 4 N–H and O–H groups in total. The summed E-state index contributed by atoms with van der Waals surface area (Å²) in [7, 11) is 0. The van der Waals surface area contributed by atoms with E-state index >= 15 is 0 Å². The van der Waals surface area contributed by atoms with Crippen LogP contribution in [0.15, 0.2) is 35.3 Å². The van der Waals surface area contributed by atoms with Gasteiger partial charge in [-0.3, -0.25) is 14.2 Å². The van der Waals surface area contributed by atoms with Gasteiger partial charge in [0, 0.05) is 31.4 Å². The number of nitrogens with two attached hydrogens (primary N) is 1. The van der Waals surface area contributed by atoms with Crippen molar-refractivity contribution in [2.45, 2.75) is 25.6 Å². The second-order valence-electron chi connectivity index (χ2n) is 7.22. The largest absolute Gasteiger partial charge is 0.408 e. The van der Waals surface area contributed by atoms with Crippen LogP contribution in [0.4, 0.5) is 32.2 Å². The van der Waals surface area contributed by atoms with Crippen molar-refractivity contribution in [1.29, 1.82) is 0 Å². The van der Waals surface area contributed by atoms with Gasteiger partial charge in [0.1, 0.15) is 28.9 Å². The number of benzene rings is 1. The zero-order valence-corrected chi connectivity index (χ0v) is 18.9. The number of hydrogen-bond acceptors (Lipinski definition) is 5. The molecular formula is C21H20ClF6N5O2. The lowest BCUT2D eigenvalue weighted by molar-refractivity contribution is -0.153. The highest BCUT2D eigenvalue weighted by atomic mass is 35.5. The van der Waals surface area contributed by atoms with Crippen LogP contribution < -0.4 is 21.8 Å². The van der Waals surface area contributed by atoms with Crippen molar-refractivity contribution >= 4 is 35.2 Å². The normalized spacial score (nSPS) is 12.2. The molecule has 3 aromatic rings. The van der Waals surface area contributed by atoms with Crippen LogP contribution in [0.25, 0.3) is 16.7 Å². The van der Waals surface area contributed by atoms with Crippen molar-refractivity contribution < 1.29 is 31.1 Å². The van der Waals surface area contributed by atoms with Crippen LogP contribution in [0.1, 0.15) is 23.7 Å². The fraction of sp³-hybridized carbons (Fsp3) is 0.286. The number of nitrogens with zero attached hydrogens (tertiary/aromatic N) is 2. The Kier molecular flexibility index (Phi) is 8.74. The van der Waals surface area contributed by atoms with Gasteiger partial charge >= 0.3 is 6.18 Å². The van der Waals surface area contributed by atoms with Gasteiger partial charge in [0.05, 0.1) is 5.39 Å². The fourth-order valence-electron chi connectivity index (χ4n) is 3.25. The number of alkyl halides is 3. The highest BCUT2D eigenvalue weighted by Crippen LogP contribution is 2.25. The van der Waals surface area contributed by atoms with Gasteiger partial charge in [-0.05, 0) is 18.6 Å². The Morgan fingerprint density at radius 1 is 1.17 bits per heavy atom. The van der Waals surface area contributed by atoms with Crippen LogP contribution in [0.3, 0.4) is 0 Å². The maximum atomic E-state index is 14.6. The summed E-state index contributed by atoms with van der Waals surface area (Å²) in [6.07, 6.45) is -4.64. The van der Waals surface area contributed by atoms with Gasteiger partial charge in [-0.1, -0.05) is 6.92 Å². The third-order valence-corrected chi connectivity index (χ3v) is 4.88. The Morgan fingerprint density at radius 2 is 1.80 bits per heavy atom. The number of carbonyl (C=O) groups is 1. The SMILES string of the molecule is CCC(NC(=O)c1cn(-c2c(F)cc(F)cc2F)c2nc(NCCN)ccc2c1=O)C(F)(F)F.Cl. The quantitative estimate of drug-likeness (QED) is 0.410. The second-order valence-corrected chi connectivity index (χ2v) is 7.22. The molecule has 1 atom stereocenters. The number of rotatable bonds is 7. The van der Waals surface area contributed by atoms with E-state index in [1.165, 1.54) is 19.1 Å². The Hall–Kier alpha value is -3.32. The van der Waals surface area contributed by atoms with Gasteiger partial charge in [0.15, 0.2) is 17.3 Å². The molecule has 2 heterocycles. The molecule has 7 nitrogen and oxygen atoms in total. The van der Waals surface area contributed by atoms with E-state index in [1.54, 1.807) is 5.32 Å². The molecular weight excluding hydrogens is 504 g/mol. The summed E-state index contributed by atoms with van der Waals surface area (Å²) in [4.78, 5) is 29.7. The molecule has 1 unspecified atom stereocenters. The summed E-state index contributed by atoms with van der Waals surface area (Å²) in [6.45, 7) is 1.66. The zero-order chi connectivity index (χ0) is 25.2. The van der Waals surface area contributed by atoms with Gasteiger partial charge in [-0.15, -0.1) is 12.4 Å². The third kappa shape index (κ3) is 5.85. The minimum absolute atomic E-state index is 0. The van der Waals surface area contributed by atoms with Gasteiger partial charge in [0.25, 0.3) is 5.91 Å². The molecule has 3 rings (SSSR count). The van der Waals surface area contributed by atoms with Crippen molar-refractivity contribution in [3.05, 3.63) is 63.7 Å². The van der Waals surface area contributed by atoms with E-state index in [0.29, 0.717) is 22.9 Å². The summed E-state index contributed by atoms with van der Waals surface area (Å²) in [5, 5.41) is 4.21. The maximum absolute atomic E-state index is 14.6. The van der Waals surface area contributed by atoms with E-state index in [-0.39, 0.29) is 42.3 Å². The molecule has 0 aliphatic heterocycles. The first-order valence-electron chi connectivity index (χ1n) is 10.0. The van der Waals surface area contributed by atoms with Crippen LogP contribution in [-0.2, 0) is 0 Å². The van der Waals surface area contributed by atoms with Crippen LogP contribution in [-0.4, -0.2) is 40.8 Å². The lowest BCUT2D eigenvalue weighted by Gasteiger charge is -2.20. The van der Waals surface area contributed by atoms with E-state index in [9.17, 15) is 35.9 Å². The van der Waals surface area contributed by atoms with E-state index in [1.807, 2.05) is 0 Å². The number of hydrogen-bond donors (Lipinski definition) is 3. The van der Waals surface area contributed by atoms with Crippen molar-refractivity contribution in [2.75, 3.05) is 18.4 Å². The van der Waals surface area contributed by atoms with Gasteiger partial charge < -0.3 is 16.4 Å². The molecule has 35 heavy (non-hydrogen) atoms. The molecule has 0 aliphatic rings. The Balaban J connectivity index is 0.00000432. The lowest BCUT2D eigenvalue weighted by atomic mass is 10.1. The molecule has 0 fully saturated rings. The maximum Gasteiger partial charge on any atom is 0.408 e. The van der Waals surface area contributed by atoms with E-state index in [0.717, 1.165) is 0 Å². The molecule has 190 valence electrons. The third-order valence-electron chi connectivity index (χ3n) is 4.88. The molecule has 0 spiro atoms. The average Bonchev–Trinajstić information content (AvgIpc) is 2.75. The van der Waals surface area contributed by atoms with Crippen molar-refractivity contribution in [2.24, 2.45) is 5.73 Å². The first kappa shape index (κ1) is 27.9. The molecule has 0 bridgehead atoms.